The highest BCUT2D eigenvalue weighted by molar-refractivity contribution is 5.88. The number of nitrogens with zero attached hydrogens (tertiary/aromatic N) is 4. The van der Waals surface area contributed by atoms with Gasteiger partial charge in [-0.2, -0.15) is 10.4 Å². The van der Waals surface area contributed by atoms with Gasteiger partial charge in [-0.05, 0) is 18.6 Å². The number of hydrogen-bond acceptors (Lipinski definition) is 3. The Hall–Kier alpha value is -2.67. The van der Waals surface area contributed by atoms with E-state index in [9.17, 15) is 5.26 Å². The molecule has 0 aliphatic rings. The highest BCUT2D eigenvalue weighted by Gasteiger charge is 2.14. The Kier molecular flexibility index (Phi) is 2.53. The van der Waals surface area contributed by atoms with Gasteiger partial charge in [-0.25, -0.2) is 4.98 Å². The maximum Gasteiger partial charge on any atom is 0.102 e. The Morgan fingerprint density at radius 1 is 1.26 bits per heavy atom. The third kappa shape index (κ3) is 1.76. The number of fused-ring (bicyclic) bond motifs is 1. The topological polar surface area (TPSA) is 54.5 Å². The number of pyridine rings is 1. The lowest BCUT2D eigenvalue weighted by Gasteiger charge is -2.08. The molecular weight excluding hydrogens is 236 g/mol. The van der Waals surface area contributed by atoms with Crippen molar-refractivity contribution in [3.05, 3.63) is 47.8 Å². The zero-order chi connectivity index (χ0) is 13.4. The van der Waals surface area contributed by atoms with Crippen molar-refractivity contribution in [2.24, 2.45) is 7.05 Å². The van der Waals surface area contributed by atoms with E-state index in [1.807, 2.05) is 44.4 Å². The Bertz CT molecular complexity index is 809. The van der Waals surface area contributed by atoms with Crippen molar-refractivity contribution in [3.63, 3.8) is 0 Å². The number of para-hydroxylation sites is 1. The summed E-state index contributed by atoms with van der Waals surface area (Å²) in [6.07, 6.45) is 3.61. The first kappa shape index (κ1) is 11.4. The van der Waals surface area contributed by atoms with Crippen LogP contribution in [0.3, 0.4) is 0 Å². The van der Waals surface area contributed by atoms with E-state index in [0.29, 0.717) is 11.3 Å². The van der Waals surface area contributed by atoms with Crippen molar-refractivity contribution in [2.45, 2.75) is 6.92 Å². The molecule has 1 aromatic carbocycles. The third-order valence-electron chi connectivity index (χ3n) is 3.24. The van der Waals surface area contributed by atoms with Gasteiger partial charge in [-0.15, -0.1) is 0 Å². The van der Waals surface area contributed by atoms with Gasteiger partial charge >= 0.3 is 0 Å². The van der Waals surface area contributed by atoms with E-state index < -0.39 is 0 Å². The molecule has 0 spiro atoms. The highest BCUT2D eigenvalue weighted by atomic mass is 15.2. The van der Waals surface area contributed by atoms with Crippen LogP contribution in [0.15, 0.2) is 36.7 Å². The summed E-state index contributed by atoms with van der Waals surface area (Å²) in [7, 11) is 1.85. The predicted octanol–water partition coefficient (Wildman–Crippen LogP) is 2.82. The fourth-order valence-corrected chi connectivity index (χ4v) is 2.27. The number of rotatable bonds is 1. The molecule has 2 heterocycles. The van der Waals surface area contributed by atoms with Gasteiger partial charge in [0, 0.05) is 24.2 Å². The number of benzene rings is 1. The largest absolute Gasteiger partial charge is 0.275 e. The van der Waals surface area contributed by atoms with Gasteiger partial charge in [0.25, 0.3) is 0 Å². The molecule has 0 aliphatic heterocycles. The number of aromatic nitrogens is 3. The molecule has 3 rings (SSSR count). The van der Waals surface area contributed by atoms with Gasteiger partial charge in [0.05, 0.1) is 23.0 Å². The molecule has 19 heavy (non-hydrogen) atoms. The first-order valence-electron chi connectivity index (χ1n) is 5.99. The van der Waals surface area contributed by atoms with Crippen LogP contribution in [-0.2, 0) is 7.05 Å². The van der Waals surface area contributed by atoms with Crippen molar-refractivity contribution in [2.75, 3.05) is 0 Å². The molecule has 0 aliphatic carbocycles. The standard InChI is InChI=1S/C15H12N4/c1-10-12-5-3-4-6-14(12)18-15(13(10)7-16)11-8-17-19(2)9-11/h3-6,8-9H,1-2H3. The molecule has 0 saturated carbocycles. The summed E-state index contributed by atoms with van der Waals surface area (Å²) in [5.74, 6) is 0. The predicted molar refractivity (Wildman–Crippen MR) is 73.4 cm³/mol. The molecular formula is C15H12N4. The van der Waals surface area contributed by atoms with Gasteiger partial charge in [0.15, 0.2) is 0 Å². The van der Waals surface area contributed by atoms with Gasteiger partial charge in [0.1, 0.15) is 6.07 Å². The maximum absolute atomic E-state index is 9.41. The van der Waals surface area contributed by atoms with Gasteiger partial charge in [-0.3, -0.25) is 4.68 Å². The van der Waals surface area contributed by atoms with Gasteiger partial charge in [0.2, 0.25) is 0 Å². The number of hydrogen-bond donors (Lipinski definition) is 0. The minimum Gasteiger partial charge on any atom is -0.275 e. The van der Waals surface area contributed by atoms with E-state index in [1.165, 1.54) is 0 Å². The van der Waals surface area contributed by atoms with E-state index in [2.05, 4.69) is 16.2 Å². The number of aryl methyl sites for hydroxylation is 2. The van der Waals surface area contributed by atoms with E-state index in [0.717, 1.165) is 22.0 Å². The fraction of sp³-hybridized carbons (Fsp3) is 0.133. The van der Waals surface area contributed by atoms with Crippen LogP contribution >= 0.6 is 0 Å². The molecule has 92 valence electrons. The van der Waals surface area contributed by atoms with Crippen molar-refractivity contribution < 1.29 is 0 Å². The molecule has 0 unspecified atom stereocenters. The Balaban J connectivity index is 2.39. The molecule has 3 aromatic rings. The lowest BCUT2D eigenvalue weighted by Crippen LogP contribution is -1.94. The summed E-state index contributed by atoms with van der Waals surface area (Å²) in [5.41, 5.74) is 4.05. The molecule has 0 amide bonds. The molecule has 0 saturated heterocycles. The molecule has 0 atom stereocenters. The maximum atomic E-state index is 9.41. The van der Waals surface area contributed by atoms with Crippen molar-refractivity contribution in [1.29, 1.82) is 5.26 Å². The van der Waals surface area contributed by atoms with Crippen LogP contribution in [0, 0.1) is 18.3 Å². The van der Waals surface area contributed by atoms with Crippen LogP contribution in [0.1, 0.15) is 11.1 Å². The Morgan fingerprint density at radius 2 is 2.05 bits per heavy atom. The van der Waals surface area contributed by atoms with Crippen LogP contribution in [0.25, 0.3) is 22.2 Å². The summed E-state index contributed by atoms with van der Waals surface area (Å²) in [4.78, 5) is 4.61. The second kappa shape index (κ2) is 4.21. The normalized spacial score (nSPS) is 10.6. The molecule has 0 radical (unpaired) electrons. The van der Waals surface area contributed by atoms with E-state index in [-0.39, 0.29) is 0 Å². The molecule has 0 fully saturated rings. The Morgan fingerprint density at radius 3 is 2.74 bits per heavy atom. The lowest BCUT2D eigenvalue weighted by atomic mass is 10.00. The van der Waals surface area contributed by atoms with Gasteiger partial charge in [-0.1, -0.05) is 18.2 Å². The molecule has 4 nitrogen and oxygen atoms in total. The summed E-state index contributed by atoms with van der Waals surface area (Å²) in [6, 6.07) is 10.1. The van der Waals surface area contributed by atoms with Crippen LogP contribution < -0.4 is 0 Å². The van der Waals surface area contributed by atoms with Crippen LogP contribution in [0.2, 0.25) is 0 Å². The third-order valence-corrected chi connectivity index (χ3v) is 3.24. The average molecular weight is 248 g/mol. The number of nitriles is 1. The lowest BCUT2D eigenvalue weighted by molar-refractivity contribution is 0.768. The van der Waals surface area contributed by atoms with Crippen LogP contribution in [0.4, 0.5) is 0 Å². The summed E-state index contributed by atoms with van der Waals surface area (Å²) < 4.78 is 1.71. The second-order valence-corrected chi connectivity index (χ2v) is 4.49. The van der Waals surface area contributed by atoms with Crippen molar-refractivity contribution in [3.8, 4) is 17.3 Å². The summed E-state index contributed by atoms with van der Waals surface area (Å²) in [5, 5.41) is 14.6. The molecule has 0 N–H and O–H groups in total. The molecule has 4 heteroatoms. The quantitative estimate of drug-likeness (QED) is 0.665. The van der Waals surface area contributed by atoms with Crippen molar-refractivity contribution in [1.82, 2.24) is 14.8 Å². The van der Waals surface area contributed by atoms with E-state index in [1.54, 1.807) is 10.9 Å². The highest BCUT2D eigenvalue weighted by Crippen LogP contribution is 2.28. The van der Waals surface area contributed by atoms with Crippen LogP contribution in [0.5, 0.6) is 0 Å². The summed E-state index contributed by atoms with van der Waals surface area (Å²) >= 11 is 0. The summed E-state index contributed by atoms with van der Waals surface area (Å²) in [6.45, 7) is 1.96. The average Bonchev–Trinajstić information content (AvgIpc) is 2.85. The SMILES string of the molecule is Cc1c(C#N)c(-c2cnn(C)c2)nc2ccccc12. The van der Waals surface area contributed by atoms with Crippen LogP contribution in [-0.4, -0.2) is 14.8 Å². The fourth-order valence-electron chi connectivity index (χ4n) is 2.27. The first-order valence-corrected chi connectivity index (χ1v) is 5.99. The Labute approximate surface area is 110 Å². The monoisotopic (exact) mass is 248 g/mol. The van der Waals surface area contributed by atoms with E-state index >= 15 is 0 Å². The smallest absolute Gasteiger partial charge is 0.102 e. The molecule has 0 bridgehead atoms. The van der Waals surface area contributed by atoms with Gasteiger partial charge < -0.3 is 0 Å². The first-order chi connectivity index (χ1) is 9.20. The minimum atomic E-state index is 0.617. The molecule has 2 aromatic heterocycles. The van der Waals surface area contributed by atoms with E-state index in [4.69, 9.17) is 0 Å². The minimum absolute atomic E-state index is 0.617. The zero-order valence-corrected chi connectivity index (χ0v) is 10.8. The van der Waals surface area contributed by atoms with Crippen molar-refractivity contribution >= 4 is 10.9 Å². The zero-order valence-electron chi connectivity index (χ0n) is 10.8. The second-order valence-electron chi connectivity index (χ2n) is 4.49.